The molecular weight excluding hydrogens is 296 g/mol. The van der Waals surface area contributed by atoms with Crippen LogP contribution in [0.5, 0.6) is 11.5 Å². The zero-order valence-corrected chi connectivity index (χ0v) is 12.8. The molecule has 5 heteroatoms. The van der Waals surface area contributed by atoms with Crippen LogP contribution in [-0.2, 0) is 14.3 Å². The minimum Gasteiger partial charge on any atom is -0.493 e. The molecule has 23 heavy (non-hydrogen) atoms. The Labute approximate surface area is 133 Å². The van der Waals surface area contributed by atoms with Crippen LogP contribution in [0.1, 0.15) is 23.0 Å². The Morgan fingerprint density at radius 2 is 1.52 bits per heavy atom. The van der Waals surface area contributed by atoms with Crippen molar-refractivity contribution in [3.05, 3.63) is 59.7 Å². The lowest BCUT2D eigenvalue weighted by Gasteiger charge is -2.18. The summed E-state index contributed by atoms with van der Waals surface area (Å²) in [6.45, 7) is 0. The molecule has 0 N–H and O–H groups in total. The average molecular weight is 312 g/mol. The van der Waals surface area contributed by atoms with Crippen molar-refractivity contribution in [3.8, 4) is 11.5 Å². The van der Waals surface area contributed by atoms with Crippen molar-refractivity contribution in [2.45, 2.75) is 11.8 Å². The largest absolute Gasteiger partial charge is 0.493 e. The van der Waals surface area contributed by atoms with Crippen molar-refractivity contribution >= 4 is 11.9 Å². The monoisotopic (exact) mass is 312 g/mol. The summed E-state index contributed by atoms with van der Waals surface area (Å²) >= 11 is 0. The molecule has 0 radical (unpaired) electrons. The van der Waals surface area contributed by atoms with E-state index in [9.17, 15) is 9.59 Å². The van der Waals surface area contributed by atoms with Gasteiger partial charge in [0, 0.05) is 5.56 Å². The molecule has 2 aromatic rings. The van der Waals surface area contributed by atoms with Crippen LogP contribution < -0.4 is 9.47 Å². The van der Waals surface area contributed by atoms with Gasteiger partial charge in [-0.25, -0.2) is 0 Å². The molecule has 1 fully saturated rings. The van der Waals surface area contributed by atoms with Crippen LogP contribution in [0.25, 0.3) is 0 Å². The molecule has 0 unspecified atom stereocenters. The number of benzene rings is 2. The van der Waals surface area contributed by atoms with Gasteiger partial charge in [-0.05, 0) is 11.6 Å². The molecule has 0 bridgehead atoms. The molecule has 0 aromatic heterocycles. The van der Waals surface area contributed by atoms with Crippen molar-refractivity contribution in [2.24, 2.45) is 0 Å². The highest BCUT2D eigenvalue weighted by Gasteiger charge is 2.47. The van der Waals surface area contributed by atoms with E-state index in [4.69, 9.17) is 14.2 Å². The topological polar surface area (TPSA) is 61.8 Å². The van der Waals surface area contributed by atoms with E-state index < -0.39 is 23.8 Å². The number of hydrogen-bond acceptors (Lipinski definition) is 5. The van der Waals surface area contributed by atoms with Gasteiger partial charge in [-0.15, -0.1) is 0 Å². The maximum absolute atomic E-state index is 12.3. The number of carbonyl (C=O) groups is 2. The van der Waals surface area contributed by atoms with E-state index in [2.05, 4.69) is 0 Å². The lowest BCUT2D eigenvalue weighted by atomic mass is 9.83. The molecule has 118 valence electrons. The number of methoxy groups -OCH3 is 2. The second-order valence-electron chi connectivity index (χ2n) is 5.19. The van der Waals surface area contributed by atoms with E-state index in [0.29, 0.717) is 17.1 Å². The van der Waals surface area contributed by atoms with Gasteiger partial charge in [-0.1, -0.05) is 42.5 Å². The van der Waals surface area contributed by atoms with Crippen molar-refractivity contribution < 1.29 is 23.8 Å². The van der Waals surface area contributed by atoms with Crippen LogP contribution in [0.4, 0.5) is 0 Å². The Bertz CT molecular complexity index is 738. The zero-order valence-electron chi connectivity index (χ0n) is 12.8. The fraction of sp³-hybridized carbons (Fsp3) is 0.222. The number of esters is 2. The molecule has 1 aliphatic heterocycles. The summed E-state index contributed by atoms with van der Waals surface area (Å²) in [5.41, 5.74) is 1.31. The van der Waals surface area contributed by atoms with Gasteiger partial charge in [-0.2, -0.15) is 0 Å². The highest BCUT2D eigenvalue weighted by Crippen LogP contribution is 2.45. The lowest BCUT2D eigenvalue weighted by molar-refractivity contribution is -0.152. The Morgan fingerprint density at radius 3 is 2.17 bits per heavy atom. The average Bonchev–Trinajstić information content (AvgIpc) is 2.88. The third kappa shape index (κ3) is 2.54. The Hall–Kier alpha value is -2.82. The summed E-state index contributed by atoms with van der Waals surface area (Å²) in [7, 11) is 3.02. The molecule has 0 aliphatic carbocycles. The quantitative estimate of drug-likeness (QED) is 0.641. The van der Waals surface area contributed by atoms with E-state index in [-0.39, 0.29) is 0 Å². The second kappa shape index (κ2) is 6.12. The summed E-state index contributed by atoms with van der Waals surface area (Å²) < 4.78 is 15.6. The van der Waals surface area contributed by atoms with Crippen LogP contribution >= 0.6 is 0 Å². The molecule has 2 atom stereocenters. The molecule has 1 saturated heterocycles. The number of carbonyl (C=O) groups excluding carboxylic acids is 2. The third-order valence-corrected chi connectivity index (χ3v) is 3.97. The van der Waals surface area contributed by atoms with Crippen molar-refractivity contribution in [1.29, 1.82) is 0 Å². The fourth-order valence-corrected chi connectivity index (χ4v) is 2.95. The molecular formula is C18H16O5. The third-order valence-electron chi connectivity index (χ3n) is 3.97. The minimum atomic E-state index is -0.755. The SMILES string of the molecule is COc1cccc([C@H]2C(=O)OC(=O)[C@@H]2c2ccccc2)c1OC. The molecule has 1 aliphatic rings. The number of para-hydroxylation sites is 1. The van der Waals surface area contributed by atoms with Gasteiger partial charge in [0.15, 0.2) is 11.5 Å². The van der Waals surface area contributed by atoms with Crippen LogP contribution in [0.15, 0.2) is 48.5 Å². The molecule has 2 aromatic carbocycles. The van der Waals surface area contributed by atoms with Gasteiger partial charge >= 0.3 is 11.9 Å². The Kier molecular flexibility index (Phi) is 4.02. The van der Waals surface area contributed by atoms with Crippen LogP contribution in [0, 0.1) is 0 Å². The zero-order chi connectivity index (χ0) is 16.4. The predicted molar refractivity (Wildman–Crippen MR) is 82.6 cm³/mol. The van der Waals surface area contributed by atoms with Crippen LogP contribution in [0.2, 0.25) is 0 Å². The van der Waals surface area contributed by atoms with Crippen molar-refractivity contribution in [2.75, 3.05) is 14.2 Å². The number of ether oxygens (including phenoxy) is 3. The lowest BCUT2D eigenvalue weighted by Crippen LogP contribution is -2.15. The van der Waals surface area contributed by atoms with Crippen molar-refractivity contribution in [1.82, 2.24) is 0 Å². The Morgan fingerprint density at radius 1 is 0.826 bits per heavy atom. The highest BCUT2D eigenvalue weighted by atomic mass is 16.6. The number of hydrogen-bond donors (Lipinski definition) is 0. The summed E-state index contributed by atoms with van der Waals surface area (Å²) in [6.07, 6.45) is 0. The summed E-state index contributed by atoms with van der Waals surface area (Å²) in [4.78, 5) is 24.5. The number of rotatable bonds is 4. The van der Waals surface area contributed by atoms with E-state index in [1.165, 1.54) is 14.2 Å². The maximum Gasteiger partial charge on any atom is 0.322 e. The van der Waals surface area contributed by atoms with Gasteiger partial charge in [0.1, 0.15) is 5.92 Å². The van der Waals surface area contributed by atoms with Crippen LogP contribution in [0.3, 0.4) is 0 Å². The normalized spacial score (nSPS) is 20.3. The summed E-state index contributed by atoms with van der Waals surface area (Å²) in [5.74, 6) is -1.62. The minimum absolute atomic E-state index is 0.438. The first kappa shape index (κ1) is 15.1. The molecule has 0 amide bonds. The Balaban J connectivity index is 2.13. The highest BCUT2D eigenvalue weighted by molar-refractivity contribution is 6.03. The van der Waals surface area contributed by atoms with Gasteiger partial charge < -0.3 is 14.2 Å². The molecule has 3 rings (SSSR count). The predicted octanol–water partition coefficient (Wildman–Crippen LogP) is 2.65. The first-order chi connectivity index (χ1) is 11.2. The fourth-order valence-electron chi connectivity index (χ4n) is 2.95. The second-order valence-corrected chi connectivity index (χ2v) is 5.19. The van der Waals surface area contributed by atoms with E-state index >= 15 is 0 Å². The molecule has 1 heterocycles. The van der Waals surface area contributed by atoms with Gasteiger partial charge in [0.25, 0.3) is 0 Å². The summed E-state index contributed by atoms with van der Waals surface area (Å²) in [5, 5.41) is 0. The smallest absolute Gasteiger partial charge is 0.322 e. The van der Waals surface area contributed by atoms with Crippen molar-refractivity contribution in [3.63, 3.8) is 0 Å². The van der Waals surface area contributed by atoms with E-state index in [1.807, 2.05) is 30.3 Å². The van der Waals surface area contributed by atoms with Gasteiger partial charge in [-0.3, -0.25) is 9.59 Å². The first-order valence-corrected chi connectivity index (χ1v) is 7.18. The standard InChI is InChI=1S/C18H16O5/c1-21-13-10-6-9-12(16(13)22-2)15-14(17(19)23-18(15)20)11-7-4-3-5-8-11/h3-10,14-15H,1-2H3/t14-,15-/m1/s1. The van der Waals surface area contributed by atoms with E-state index in [1.54, 1.807) is 18.2 Å². The number of cyclic esters (lactones) is 2. The first-order valence-electron chi connectivity index (χ1n) is 7.18. The van der Waals surface area contributed by atoms with Gasteiger partial charge in [0.05, 0.1) is 20.1 Å². The molecule has 5 nitrogen and oxygen atoms in total. The summed E-state index contributed by atoms with van der Waals surface area (Å²) in [6, 6.07) is 14.4. The van der Waals surface area contributed by atoms with Gasteiger partial charge in [0.2, 0.25) is 0 Å². The molecule has 0 spiro atoms. The van der Waals surface area contributed by atoms with E-state index in [0.717, 1.165) is 5.56 Å². The maximum atomic E-state index is 12.3. The van der Waals surface area contributed by atoms with Crippen LogP contribution in [-0.4, -0.2) is 26.2 Å². The molecule has 0 saturated carbocycles.